The first-order valence-corrected chi connectivity index (χ1v) is 6.68. The minimum absolute atomic E-state index is 0.0319. The molecule has 0 radical (unpaired) electrons. The summed E-state index contributed by atoms with van der Waals surface area (Å²) in [5, 5.41) is 18.8. The van der Waals surface area contributed by atoms with Crippen LogP contribution in [0.3, 0.4) is 0 Å². The van der Waals surface area contributed by atoms with Crippen LogP contribution in [-0.4, -0.2) is 28.0 Å². The highest BCUT2D eigenvalue weighted by atomic mass is 16.4. The van der Waals surface area contributed by atoms with Crippen LogP contribution in [0.15, 0.2) is 29.3 Å². The van der Waals surface area contributed by atoms with Crippen molar-refractivity contribution in [2.75, 3.05) is 4.90 Å². The minimum Gasteiger partial charge on any atom is -0.506 e. The topological polar surface area (TPSA) is 94.9 Å². The molecule has 0 saturated heterocycles. The van der Waals surface area contributed by atoms with Crippen LogP contribution in [-0.2, 0) is 9.59 Å². The lowest BCUT2D eigenvalue weighted by Gasteiger charge is -2.16. The van der Waals surface area contributed by atoms with Crippen molar-refractivity contribution in [2.45, 2.75) is 25.7 Å². The Morgan fingerprint density at radius 2 is 1.62 bits per heavy atom. The molecule has 21 heavy (non-hydrogen) atoms. The molecule has 0 aromatic heterocycles. The summed E-state index contributed by atoms with van der Waals surface area (Å²) in [6.07, 6.45) is 2.89. The predicted octanol–water partition coefficient (Wildman–Crippen LogP) is 1.83. The lowest BCUT2D eigenvalue weighted by molar-refractivity contribution is -0.120. The lowest BCUT2D eigenvalue weighted by atomic mass is 9.93. The van der Waals surface area contributed by atoms with Crippen molar-refractivity contribution in [1.82, 2.24) is 0 Å². The molecule has 1 aliphatic carbocycles. The molecule has 1 aromatic carbocycles. The van der Waals surface area contributed by atoms with Crippen LogP contribution in [0.2, 0.25) is 0 Å². The number of nitrogens with zero attached hydrogens (tertiary/aromatic N) is 1. The third-order valence-electron chi connectivity index (χ3n) is 3.85. The molecule has 0 unspecified atom stereocenters. The highest BCUT2D eigenvalue weighted by Crippen LogP contribution is 2.38. The third kappa shape index (κ3) is 1.99. The fraction of sp³-hybridized carbons (Fsp3) is 0.267. The molecule has 3 rings (SSSR count). The number of anilines is 1. The molecule has 0 saturated carbocycles. The Kier molecular flexibility index (Phi) is 3.01. The molecular formula is C15H13NO5. The van der Waals surface area contributed by atoms with Crippen molar-refractivity contribution in [2.24, 2.45) is 0 Å². The molecule has 2 N–H and O–H groups in total. The van der Waals surface area contributed by atoms with Crippen molar-refractivity contribution in [3.8, 4) is 5.75 Å². The monoisotopic (exact) mass is 287 g/mol. The number of carbonyl (C=O) groups excluding carboxylic acids is 2. The number of hydrogen-bond acceptors (Lipinski definition) is 4. The number of aromatic hydroxyl groups is 1. The molecule has 1 heterocycles. The first kappa shape index (κ1) is 13.4. The van der Waals surface area contributed by atoms with E-state index in [-0.39, 0.29) is 11.3 Å². The van der Waals surface area contributed by atoms with E-state index in [0.717, 1.165) is 23.8 Å². The van der Waals surface area contributed by atoms with E-state index in [4.69, 9.17) is 5.11 Å². The van der Waals surface area contributed by atoms with Gasteiger partial charge in [-0.3, -0.25) is 9.59 Å². The fourth-order valence-corrected chi connectivity index (χ4v) is 2.80. The van der Waals surface area contributed by atoms with Gasteiger partial charge >= 0.3 is 5.97 Å². The van der Waals surface area contributed by atoms with Crippen LogP contribution in [0.25, 0.3) is 0 Å². The average molecular weight is 287 g/mol. The zero-order chi connectivity index (χ0) is 15.1. The van der Waals surface area contributed by atoms with Crippen molar-refractivity contribution < 1.29 is 24.6 Å². The molecular weight excluding hydrogens is 274 g/mol. The number of carboxylic acid groups (broad SMARTS) is 1. The fourth-order valence-electron chi connectivity index (χ4n) is 2.80. The second-order valence-electron chi connectivity index (χ2n) is 5.12. The van der Waals surface area contributed by atoms with Gasteiger partial charge in [-0.2, -0.15) is 0 Å². The summed E-state index contributed by atoms with van der Waals surface area (Å²) in [6.45, 7) is 0. The summed E-state index contributed by atoms with van der Waals surface area (Å²) < 4.78 is 0. The zero-order valence-electron chi connectivity index (χ0n) is 11.1. The number of phenols is 1. The number of imide groups is 1. The maximum Gasteiger partial charge on any atom is 0.335 e. The molecule has 0 fully saturated rings. The van der Waals surface area contributed by atoms with Gasteiger partial charge in [-0.1, -0.05) is 0 Å². The van der Waals surface area contributed by atoms with Crippen molar-refractivity contribution in [3.63, 3.8) is 0 Å². The van der Waals surface area contributed by atoms with Crippen LogP contribution in [0, 0.1) is 0 Å². The van der Waals surface area contributed by atoms with E-state index in [1.54, 1.807) is 0 Å². The van der Waals surface area contributed by atoms with Gasteiger partial charge in [0.25, 0.3) is 11.8 Å². The van der Waals surface area contributed by atoms with Gasteiger partial charge in [0.05, 0.1) is 11.3 Å². The molecule has 0 atom stereocenters. The predicted molar refractivity (Wildman–Crippen MR) is 73.1 cm³/mol. The summed E-state index contributed by atoms with van der Waals surface area (Å²) in [4.78, 5) is 36.5. The van der Waals surface area contributed by atoms with Crippen molar-refractivity contribution in [3.05, 3.63) is 34.9 Å². The molecule has 108 valence electrons. The summed E-state index contributed by atoms with van der Waals surface area (Å²) in [7, 11) is 0. The van der Waals surface area contributed by atoms with Gasteiger partial charge in [0.1, 0.15) is 5.75 Å². The van der Waals surface area contributed by atoms with Gasteiger partial charge in [0, 0.05) is 11.1 Å². The maximum absolute atomic E-state index is 12.3. The first-order valence-electron chi connectivity index (χ1n) is 6.68. The van der Waals surface area contributed by atoms with Gasteiger partial charge in [0.2, 0.25) is 0 Å². The number of phenolic OH excluding ortho intramolecular Hbond substituents is 1. The number of amides is 2. The first-order chi connectivity index (χ1) is 10.0. The highest BCUT2D eigenvalue weighted by Gasteiger charge is 2.40. The maximum atomic E-state index is 12.3. The van der Waals surface area contributed by atoms with Gasteiger partial charge in [0.15, 0.2) is 0 Å². The second-order valence-corrected chi connectivity index (χ2v) is 5.12. The second kappa shape index (κ2) is 4.73. The van der Waals surface area contributed by atoms with E-state index in [2.05, 4.69) is 0 Å². The summed E-state index contributed by atoms with van der Waals surface area (Å²) in [6, 6.07) is 3.58. The van der Waals surface area contributed by atoms with Crippen LogP contribution in [0.5, 0.6) is 5.75 Å². The summed E-state index contributed by atoms with van der Waals surface area (Å²) in [5.41, 5.74) is 0.971. The molecule has 1 aliphatic heterocycles. The minimum atomic E-state index is -1.19. The Balaban J connectivity index is 2.01. The van der Waals surface area contributed by atoms with E-state index >= 15 is 0 Å². The Bertz CT molecular complexity index is 676. The molecule has 2 aliphatic rings. The van der Waals surface area contributed by atoms with Crippen molar-refractivity contribution in [1.29, 1.82) is 0 Å². The van der Waals surface area contributed by atoms with Gasteiger partial charge in [-0.25, -0.2) is 9.69 Å². The molecule has 2 amide bonds. The highest BCUT2D eigenvalue weighted by molar-refractivity contribution is 6.33. The number of carboxylic acids is 1. The third-order valence-corrected chi connectivity index (χ3v) is 3.85. The molecule has 1 aromatic rings. The normalized spacial score (nSPS) is 18.2. The van der Waals surface area contributed by atoms with E-state index in [9.17, 15) is 19.5 Å². The molecule has 0 spiro atoms. The number of hydrogen-bond donors (Lipinski definition) is 2. The summed E-state index contributed by atoms with van der Waals surface area (Å²) in [5.74, 6) is -2.40. The number of rotatable bonds is 2. The van der Waals surface area contributed by atoms with E-state index in [1.807, 2.05) is 0 Å². The van der Waals surface area contributed by atoms with Crippen LogP contribution < -0.4 is 4.90 Å². The average Bonchev–Trinajstić information content (AvgIpc) is 2.72. The van der Waals surface area contributed by atoms with E-state index in [0.29, 0.717) is 24.0 Å². The van der Waals surface area contributed by atoms with Gasteiger partial charge in [-0.15, -0.1) is 0 Å². The summed E-state index contributed by atoms with van der Waals surface area (Å²) >= 11 is 0. The molecule has 0 bridgehead atoms. The lowest BCUT2D eigenvalue weighted by Crippen LogP contribution is -2.31. The van der Waals surface area contributed by atoms with Crippen LogP contribution in [0.4, 0.5) is 5.69 Å². The van der Waals surface area contributed by atoms with Crippen LogP contribution in [0.1, 0.15) is 36.0 Å². The SMILES string of the molecule is O=C(O)c1ccc(N2C(=O)C3=C(CCCC3)C2=O)c(O)c1. The van der Waals surface area contributed by atoms with Gasteiger partial charge < -0.3 is 10.2 Å². The van der Waals surface area contributed by atoms with Crippen LogP contribution >= 0.6 is 0 Å². The molecule has 6 heteroatoms. The Labute approximate surface area is 120 Å². The zero-order valence-corrected chi connectivity index (χ0v) is 11.1. The van der Waals surface area contributed by atoms with Crippen molar-refractivity contribution >= 4 is 23.5 Å². The van der Waals surface area contributed by atoms with E-state index < -0.39 is 23.5 Å². The number of aromatic carboxylic acids is 1. The van der Waals surface area contributed by atoms with Gasteiger partial charge in [-0.05, 0) is 43.9 Å². The Hall–Kier alpha value is -2.63. The standard InChI is InChI=1S/C15H13NO5/c17-12-7-8(15(20)21)5-6-11(12)16-13(18)9-3-1-2-4-10(9)14(16)19/h5-7,17H,1-4H2,(H,20,21). The number of benzene rings is 1. The van der Waals surface area contributed by atoms with E-state index in [1.165, 1.54) is 12.1 Å². The molecule has 6 nitrogen and oxygen atoms in total. The number of carbonyl (C=O) groups is 3. The quantitative estimate of drug-likeness (QED) is 0.809. The largest absolute Gasteiger partial charge is 0.506 e. The smallest absolute Gasteiger partial charge is 0.335 e. The Morgan fingerprint density at radius 1 is 1.05 bits per heavy atom. The Morgan fingerprint density at radius 3 is 2.10 bits per heavy atom.